The van der Waals surface area contributed by atoms with E-state index in [1.54, 1.807) is 43.5 Å². The van der Waals surface area contributed by atoms with E-state index in [1.807, 2.05) is 48.5 Å². The monoisotopic (exact) mass is 377 g/mol. The number of ether oxygens (including phenoxy) is 2. The minimum absolute atomic E-state index is 0.556. The van der Waals surface area contributed by atoms with Crippen molar-refractivity contribution in [2.45, 2.75) is 11.6 Å². The van der Waals surface area contributed by atoms with Crippen molar-refractivity contribution < 1.29 is 19.4 Å². The first kappa shape index (κ1) is 19.5. The van der Waals surface area contributed by atoms with Crippen LogP contribution in [0.4, 0.5) is 5.69 Å². The molecule has 0 bridgehead atoms. The van der Waals surface area contributed by atoms with Gasteiger partial charge in [-0.15, -0.1) is 0 Å². The van der Waals surface area contributed by atoms with Crippen molar-refractivity contribution in [1.82, 2.24) is 0 Å². The molecule has 2 unspecified atom stereocenters. The Hall–Kier alpha value is -3.31. The maximum atomic E-state index is 13.1. The van der Waals surface area contributed by atoms with Gasteiger partial charge in [-0.25, -0.2) is 4.79 Å². The number of nitrogens with one attached hydrogen (secondary N) is 1. The number of aliphatic hydroxyl groups is 1. The number of hydrogen-bond donors (Lipinski definition) is 2. The lowest BCUT2D eigenvalue weighted by molar-refractivity contribution is -0.151. The van der Waals surface area contributed by atoms with Gasteiger partial charge in [0.15, 0.2) is 5.54 Å². The Kier molecular flexibility index (Phi) is 5.96. The zero-order chi connectivity index (χ0) is 20.0. The van der Waals surface area contributed by atoms with Crippen LogP contribution in [0.3, 0.4) is 0 Å². The van der Waals surface area contributed by atoms with Crippen molar-refractivity contribution in [2.24, 2.45) is 0 Å². The second-order valence-electron chi connectivity index (χ2n) is 6.33. The number of hydrogen-bond acceptors (Lipinski definition) is 5. The van der Waals surface area contributed by atoms with E-state index in [-0.39, 0.29) is 0 Å². The highest BCUT2D eigenvalue weighted by Gasteiger charge is 2.49. The predicted octanol–water partition coefficient (Wildman–Crippen LogP) is 3.91. The largest absolute Gasteiger partial charge is 0.497 e. The van der Waals surface area contributed by atoms with Gasteiger partial charge >= 0.3 is 5.97 Å². The quantitative estimate of drug-likeness (QED) is 0.611. The summed E-state index contributed by atoms with van der Waals surface area (Å²) in [5.74, 6) is 0.0503. The summed E-state index contributed by atoms with van der Waals surface area (Å²) in [4.78, 5) is 13.1. The summed E-state index contributed by atoms with van der Waals surface area (Å²) < 4.78 is 10.4. The van der Waals surface area contributed by atoms with Crippen LogP contribution < -0.4 is 10.1 Å². The first-order valence-corrected chi connectivity index (χ1v) is 8.91. The summed E-state index contributed by atoms with van der Waals surface area (Å²) in [7, 11) is 2.88. The maximum absolute atomic E-state index is 13.1. The minimum atomic E-state index is -1.55. The Morgan fingerprint density at radius 2 is 1.46 bits per heavy atom. The Balaban J connectivity index is 2.19. The average molecular weight is 377 g/mol. The fourth-order valence-electron chi connectivity index (χ4n) is 3.23. The molecule has 5 heteroatoms. The number of benzene rings is 3. The first-order chi connectivity index (χ1) is 13.6. The fourth-order valence-corrected chi connectivity index (χ4v) is 3.23. The molecule has 0 heterocycles. The van der Waals surface area contributed by atoms with Crippen molar-refractivity contribution in [3.63, 3.8) is 0 Å². The summed E-state index contributed by atoms with van der Waals surface area (Å²) in [5.41, 5.74) is 0.273. The topological polar surface area (TPSA) is 67.8 Å². The normalized spacial score (nSPS) is 13.8. The molecule has 0 saturated carbocycles. The maximum Gasteiger partial charge on any atom is 0.339 e. The molecule has 3 aromatic carbocycles. The van der Waals surface area contributed by atoms with E-state index in [0.717, 1.165) is 0 Å². The van der Waals surface area contributed by atoms with Gasteiger partial charge in [-0.05, 0) is 35.4 Å². The highest BCUT2D eigenvalue weighted by atomic mass is 16.5. The third-order valence-electron chi connectivity index (χ3n) is 4.69. The molecule has 144 valence electrons. The molecule has 2 N–H and O–H groups in total. The van der Waals surface area contributed by atoms with E-state index in [4.69, 9.17) is 9.47 Å². The molecular weight excluding hydrogens is 354 g/mol. The molecule has 3 aromatic rings. The van der Waals surface area contributed by atoms with Gasteiger partial charge in [-0.1, -0.05) is 60.7 Å². The molecule has 0 aliphatic heterocycles. The highest BCUT2D eigenvalue weighted by molar-refractivity contribution is 5.87. The van der Waals surface area contributed by atoms with Gasteiger partial charge in [-0.3, -0.25) is 0 Å². The Morgan fingerprint density at radius 3 is 2.00 bits per heavy atom. The lowest BCUT2D eigenvalue weighted by Gasteiger charge is -2.37. The van der Waals surface area contributed by atoms with Crippen LogP contribution in [0.1, 0.15) is 17.2 Å². The summed E-state index contributed by atoms with van der Waals surface area (Å²) in [6.07, 6.45) is -1.20. The second-order valence-corrected chi connectivity index (χ2v) is 6.33. The zero-order valence-corrected chi connectivity index (χ0v) is 15.8. The van der Waals surface area contributed by atoms with E-state index in [9.17, 15) is 9.90 Å². The SMILES string of the molecule is COC(=O)C(Nc1ccccc1)(c1ccc(OC)cc1)C(O)c1ccccc1. The van der Waals surface area contributed by atoms with Crippen LogP contribution in [0.5, 0.6) is 5.75 Å². The van der Waals surface area contributed by atoms with Crippen LogP contribution >= 0.6 is 0 Å². The molecule has 0 amide bonds. The van der Waals surface area contributed by atoms with Gasteiger partial charge in [0.05, 0.1) is 14.2 Å². The van der Waals surface area contributed by atoms with Gasteiger partial charge in [-0.2, -0.15) is 0 Å². The highest BCUT2D eigenvalue weighted by Crippen LogP contribution is 2.40. The fraction of sp³-hybridized carbons (Fsp3) is 0.174. The molecule has 2 atom stereocenters. The lowest BCUT2D eigenvalue weighted by Crippen LogP contribution is -2.49. The molecule has 0 aromatic heterocycles. The molecule has 5 nitrogen and oxygen atoms in total. The number of methoxy groups -OCH3 is 2. The van der Waals surface area contributed by atoms with Crippen molar-refractivity contribution >= 4 is 11.7 Å². The van der Waals surface area contributed by atoms with Crippen LogP contribution in [0.15, 0.2) is 84.9 Å². The van der Waals surface area contributed by atoms with Crippen LogP contribution in [-0.4, -0.2) is 25.3 Å². The van der Waals surface area contributed by atoms with Crippen LogP contribution in [0.25, 0.3) is 0 Å². The Bertz CT molecular complexity index is 897. The summed E-state index contributed by atoms with van der Waals surface area (Å²) in [5, 5.41) is 14.6. The minimum Gasteiger partial charge on any atom is -0.497 e. The molecule has 0 fully saturated rings. The average Bonchev–Trinajstić information content (AvgIpc) is 2.78. The van der Waals surface area contributed by atoms with E-state index >= 15 is 0 Å². The van der Waals surface area contributed by atoms with Gasteiger partial charge < -0.3 is 19.9 Å². The number of anilines is 1. The first-order valence-electron chi connectivity index (χ1n) is 8.91. The molecule has 0 radical (unpaired) electrons. The second kappa shape index (κ2) is 8.59. The zero-order valence-electron chi connectivity index (χ0n) is 15.8. The van der Waals surface area contributed by atoms with Crippen molar-refractivity contribution in [3.05, 3.63) is 96.1 Å². The van der Waals surface area contributed by atoms with Gasteiger partial charge in [0.1, 0.15) is 11.9 Å². The molecule has 28 heavy (non-hydrogen) atoms. The van der Waals surface area contributed by atoms with E-state index in [1.165, 1.54) is 7.11 Å². The number of carbonyl (C=O) groups is 1. The van der Waals surface area contributed by atoms with Gasteiger partial charge in [0.2, 0.25) is 0 Å². The Labute approximate surface area is 164 Å². The number of para-hydroxylation sites is 1. The molecule has 0 spiro atoms. The number of esters is 1. The van der Waals surface area contributed by atoms with Gasteiger partial charge in [0, 0.05) is 5.69 Å². The van der Waals surface area contributed by atoms with Crippen molar-refractivity contribution in [3.8, 4) is 5.75 Å². The summed E-state index contributed by atoms with van der Waals surface area (Å²) in [6, 6.07) is 25.3. The number of rotatable bonds is 7. The standard InChI is InChI=1S/C23H23NO4/c1-27-20-15-13-18(14-16-20)23(22(26)28-2,24-19-11-7-4-8-12-19)21(25)17-9-5-3-6-10-17/h3-16,21,24-25H,1-2H3. The number of aliphatic hydroxyl groups excluding tert-OH is 1. The summed E-state index contributed by atoms with van der Waals surface area (Å²) >= 11 is 0. The van der Waals surface area contributed by atoms with Crippen LogP contribution in [-0.2, 0) is 15.1 Å². The third kappa shape index (κ3) is 3.70. The van der Waals surface area contributed by atoms with E-state index in [0.29, 0.717) is 22.6 Å². The molecule has 0 aliphatic rings. The van der Waals surface area contributed by atoms with Crippen molar-refractivity contribution in [2.75, 3.05) is 19.5 Å². The van der Waals surface area contributed by atoms with E-state index in [2.05, 4.69) is 5.32 Å². The van der Waals surface area contributed by atoms with Crippen LogP contribution in [0.2, 0.25) is 0 Å². The molecule has 3 rings (SSSR count). The Morgan fingerprint density at radius 1 is 0.893 bits per heavy atom. The number of carbonyl (C=O) groups excluding carboxylic acids is 1. The smallest absolute Gasteiger partial charge is 0.339 e. The van der Waals surface area contributed by atoms with E-state index < -0.39 is 17.6 Å². The molecular formula is C23H23NO4. The third-order valence-corrected chi connectivity index (χ3v) is 4.69. The molecule has 0 aliphatic carbocycles. The lowest BCUT2D eigenvalue weighted by atomic mass is 9.80. The summed E-state index contributed by atoms with van der Waals surface area (Å²) in [6.45, 7) is 0. The van der Waals surface area contributed by atoms with Crippen molar-refractivity contribution in [1.29, 1.82) is 0 Å². The van der Waals surface area contributed by atoms with Crippen LogP contribution in [0, 0.1) is 0 Å². The van der Waals surface area contributed by atoms with Gasteiger partial charge in [0.25, 0.3) is 0 Å². The molecule has 0 saturated heterocycles. The predicted molar refractivity (Wildman–Crippen MR) is 108 cm³/mol.